The highest BCUT2D eigenvalue weighted by Gasteiger charge is 2.42. The molecule has 0 aromatic heterocycles. The molecule has 1 heterocycles. The highest BCUT2D eigenvalue weighted by Crippen LogP contribution is 2.41. The quantitative estimate of drug-likeness (QED) is 0.584. The molecule has 3 heteroatoms. The molecule has 0 bridgehead atoms. The van der Waals surface area contributed by atoms with Crippen molar-refractivity contribution in [3.63, 3.8) is 0 Å². The maximum Gasteiger partial charge on any atom is 0.230 e. The Morgan fingerprint density at radius 1 is 1.33 bits per heavy atom. The van der Waals surface area contributed by atoms with Gasteiger partial charge in [-0.25, -0.2) is 0 Å². The lowest BCUT2D eigenvalue weighted by Crippen LogP contribution is -2.34. The third kappa shape index (κ3) is 1.04. The van der Waals surface area contributed by atoms with Gasteiger partial charge in [0.15, 0.2) is 0 Å². The lowest BCUT2D eigenvalue weighted by atomic mass is 9.67. The normalized spacial score (nSPS) is 40.9. The number of carbonyl (C=O) groups excluding carboxylic acids is 2. The molecule has 1 saturated carbocycles. The Kier molecular flexibility index (Phi) is 1.67. The molecule has 1 N–H and O–H groups in total. The van der Waals surface area contributed by atoms with Gasteiger partial charge in [0.05, 0.1) is 5.92 Å². The van der Waals surface area contributed by atoms with E-state index >= 15 is 0 Å². The Hall–Kier alpha value is -0.860. The fourth-order valence-electron chi connectivity index (χ4n) is 2.21. The SMILES string of the molecule is CC1CCC1C1CC(=O)NC1=O. The molecule has 1 saturated heterocycles. The Morgan fingerprint density at radius 3 is 2.42 bits per heavy atom. The molecule has 66 valence electrons. The van der Waals surface area contributed by atoms with Crippen molar-refractivity contribution in [2.45, 2.75) is 26.2 Å². The highest BCUT2D eigenvalue weighted by molar-refractivity contribution is 6.03. The molecular weight excluding hydrogens is 154 g/mol. The van der Waals surface area contributed by atoms with E-state index in [0.29, 0.717) is 18.3 Å². The van der Waals surface area contributed by atoms with Crippen LogP contribution in [-0.2, 0) is 9.59 Å². The fourth-order valence-corrected chi connectivity index (χ4v) is 2.21. The first-order valence-electron chi connectivity index (χ1n) is 4.52. The second-order valence-electron chi connectivity index (χ2n) is 3.94. The summed E-state index contributed by atoms with van der Waals surface area (Å²) in [5.74, 6) is 0.949. The second-order valence-corrected chi connectivity index (χ2v) is 3.94. The van der Waals surface area contributed by atoms with Crippen LogP contribution in [0, 0.1) is 17.8 Å². The van der Waals surface area contributed by atoms with Gasteiger partial charge in [-0.1, -0.05) is 13.3 Å². The maximum absolute atomic E-state index is 11.2. The van der Waals surface area contributed by atoms with Crippen molar-refractivity contribution in [3.05, 3.63) is 0 Å². The summed E-state index contributed by atoms with van der Waals surface area (Å²) in [7, 11) is 0. The van der Waals surface area contributed by atoms with Crippen molar-refractivity contribution in [1.82, 2.24) is 5.32 Å². The first-order chi connectivity index (χ1) is 5.68. The Labute approximate surface area is 71.5 Å². The summed E-state index contributed by atoms with van der Waals surface area (Å²) in [6, 6.07) is 0. The molecule has 0 aromatic rings. The monoisotopic (exact) mass is 167 g/mol. The molecule has 0 spiro atoms. The first kappa shape index (κ1) is 7.77. The van der Waals surface area contributed by atoms with Gasteiger partial charge < -0.3 is 0 Å². The molecule has 2 rings (SSSR count). The minimum atomic E-state index is -0.0934. The predicted molar refractivity (Wildman–Crippen MR) is 43.1 cm³/mol. The number of rotatable bonds is 1. The third-order valence-corrected chi connectivity index (χ3v) is 3.21. The number of hydrogen-bond donors (Lipinski definition) is 1. The number of hydrogen-bond acceptors (Lipinski definition) is 2. The molecular formula is C9H13NO2. The Morgan fingerprint density at radius 2 is 2.08 bits per heavy atom. The van der Waals surface area contributed by atoms with Crippen molar-refractivity contribution in [2.75, 3.05) is 0 Å². The summed E-state index contributed by atoms with van der Waals surface area (Å²) < 4.78 is 0. The summed E-state index contributed by atoms with van der Waals surface area (Å²) in [5, 5.41) is 2.36. The van der Waals surface area contributed by atoms with Gasteiger partial charge in [0.25, 0.3) is 0 Å². The minimum absolute atomic E-state index is 0.0127. The van der Waals surface area contributed by atoms with Gasteiger partial charge in [0, 0.05) is 6.42 Å². The van der Waals surface area contributed by atoms with Crippen molar-refractivity contribution < 1.29 is 9.59 Å². The topological polar surface area (TPSA) is 46.2 Å². The van der Waals surface area contributed by atoms with Gasteiger partial charge in [-0.05, 0) is 18.3 Å². The maximum atomic E-state index is 11.2. The van der Waals surface area contributed by atoms with E-state index in [9.17, 15) is 9.59 Å². The first-order valence-corrected chi connectivity index (χ1v) is 4.52. The Bertz CT molecular complexity index is 237. The molecule has 0 radical (unpaired) electrons. The molecule has 0 aromatic carbocycles. The molecule has 3 atom stereocenters. The van der Waals surface area contributed by atoms with Crippen LogP contribution in [0.3, 0.4) is 0 Å². The van der Waals surface area contributed by atoms with Gasteiger partial charge >= 0.3 is 0 Å². The summed E-state index contributed by atoms with van der Waals surface area (Å²) in [6.07, 6.45) is 2.75. The Balaban J connectivity index is 2.04. The van der Waals surface area contributed by atoms with E-state index in [2.05, 4.69) is 12.2 Å². The van der Waals surface area contributed by atoms with Gasteiger partial charge in [-0.15, -0.1) is 0 Å². The zero-order valence-corrected chi connectivity index (χ0v) is 7.17. The van der Waals surface area contributed by atoms with Crippen LogP contribution < -0.4 is 5.32 Å². The van der Waals surface area contributed by atoms with E-state index in [1.807, 2.05) is 0 Å². The smallest absolute Gasteiger partial charge is 0.230 e. The molecule has 3 unspecified atom stereocenters. The van der Waals surface area contributed by atoms with Crippen LogP contribution in [0.25, 0.3) is 0 Å². The molecule has 2 amide bonds. The fraction of sp³-hybridized carbons (Fsp3) is 0.778. The zero-order chi connectivity index (χ0) is 8.72. The number of amides is 2. The van der Waals surface area contributed by atoms with Gasteiger partial charge in [-0.2, -0.15) is 0 Å². The highest BCUT2D eigenvalue weighted by atomic mass is 16.2. The van der Waals surface area contributed by atoms with Gasteiger partial charge in [0.1, 0.15) is 0 Å². The lowest BCUT2D eigenvalue weighted by Gasteiger charge is -2.36. The van der Waals surface area contributed by atoms with Crippen LogP contribution in [0.1, 0.15) is 26.2 Å². The van der Waals surface area contributed by atoms with Crippen LogP contribution in [0.15, 0.2) is 0 Å². The van der Waals surface area contributed by atoms with Gasteiger partial charge in [0.2, 0.25) is 11.8 Å². The van der Waals surface area contributed by atoms with E-state index in [0.717, 1.165) is 6.42 Å². The van der Waals surface area contributed by atoms with E-state index in [1.165, 1.54) is 6.42 Å². The largest absolute Gasteiger partial charge is 0.296 e. The van der Waals surface area contributed by atoms with Crippen LogP contribution >= 0.6 is 0 Å². The lowest BCUT2D eigenvalue weighted by molar-refractivity contribution is -0.127. The zero-order valence-electron chi connectivity index (χ0n) is 7.17. The number of nitrogens with one attached hydrogen (secondary N) is 1. The van der Waals surface area contributed by atoms with Crippen LogP contribution in [0.4, 0.5) is 0 Å². The van der Waals surface area contributed by atoms with Crippen molar-refractivity contribution >= 4 is 11.8 Å². The molecule has 2 fully saturated rings. The van der Waals surface area contributed by atoms with Crippen LogP contribution in [-0.4, -0.2) is 11.8 Å². The molecule has 2 aliphatic rings. The number of carbonyl (C=O) groups is 2. The predicted octanol–water partition coefficient (Wildman–Crippen LogP) is 0.695. The molecule has 12 heavy (non-hydrogen) atoms. The summed E-state index contributed by atoms with van der Waals surface area (Å²) in [5.41, 5.74) is 0. The van der Waals surface area contributed by atoms with E-state index in [4.69, 9.17) is 0 Å². The molecule has 3 nitrogen and oxygen atoms in total. The minimum Gasteiger partial charge on any atom is -0.296 e. The average Bonchev–Trinajstić information content (AvgIpc) is 2.28. The van der Waals surface area contributed by atoms with Crippen molar-refractivity contribution in [2.24, 2.45) is 17.8 Å². The molecule has 1 aliphatic carbocycles. The summed E-state index contributed by atoms with van der Waals surface area (Å²) >= 11 is 0. The standard InChI is InChI=1S/C9H13NO2/c1-5-2-3-6(5)7-4-8(11)10-9(7)12/h5-7H,2-4H2,1H3,(H,10,11,12). The molecule has 1 aliphatic heterocycles. The van der Waals surface area contributed by atoms with E-state index in [1.54, 1.807) is 0 Å². The van der Waals surface area contributed by atoms with Crippen LogP contribution in [0.2, 0.25) is 0 Å². The number of imide groups is 1. The van der Waals surface area contributed by atoms with Crippen molar-refractivity contribution in [3.8, 4) is 0 Å². The van der Waals surface area contributed by atoms with E-state index in [-0.39, 0.29) is 17.7 Å². The van der Waals surface area contributed by atoms with Crippen LogP contribution in [0.5, 0.6) is 0 Å². The third-order valence-electron chi connectivity index (χ3n) is 3.21. The average molecular weight is 167 g/mol. The van der Waals surface area contributed by atoms with Crippen molar-refractivity contribution in [1.29, 1.82) is 0 Å². The van der Waals surface area contributed by atoms with Gasteiger partial charge in [-0.3, -0.25) is 14.9 Å². The van der Waals surface area contributed by atoms with E-state index < -0.39 is 0 Å². The second kappa shape index (κ2) is 2.57. The summed E-state index contributed by atoms with van der Waals surface area (Å²) in [4.78, 5) is 22.1. The summed E-state index contributed by atoms with van der Waals surface area (Å²) in [6.45, 7) is 2.16.